The van der Waals surface area contributed by atoms with E-state index in [0.29, 0.717) is 16.5 Å². The lowest BCUT2D eigenvalue weighted by Gasteiger charge is -2.10. The number of benzene rings is 2. The smallest absolute Gasteiger partial charge is 0.341 e. The third-order valence-corrected chi connectivity index (χ3v) is 4.71. The number of halogens is 3. The normalized spacial score (nSPS) is 10.9. The van der Waals surface area contributed by atoms with Crippen LogP contribution in [0.3, 0.4) is 0 Å². The molecule has 0 spiro atoms. The van der Waals surface area contributed by atoms with Crippen LogP contribution in [-0.2, 0) is 11.3 Å². The number of fused-ring (bicyclic) bond motifs is 1. The van der Waals surface area contributed by atoms with Gasteiger partial charge in [0.05, 0.1) is 20.6 Å². The Morgan fingerprint density at radius 2 is 1.80 bits per heavy atom. The van der Waals surface area contributed by atoms with Gasteiger partial charge >= 0.3 is 11.6 Å². The molecule has 3 rings (SSSR count). The van der Waals surface area contributed by atoms with Gasteiger partial charge in [-0.05, 0) is 30.7 Å². The molecule has 0 aliphatic carbocycles. The van der Waals surface area contributed by atoms with E-state index < -0.39 is 11.6 Å². The molecule has 0 bridgehead atoms. The summed E-state index contributed by atoms with van der Waals surface area (Å²) in [6, 6.07) is 9.65. The van der Waals surface area contributed by atoms with E-state index in [9.17, 15) is 9.59 Å². The summed E-state index contributed by atoms with van der Waals surface area (Å²) < 4.78 is 10.4. The lowest BCUT2D eigenvalue weighted by molar-refractivity contribution is 0.0474. The van der Waals surface area contributed by atoms with Crippen molar-refractivity contribution < 1.29 is 13.9 Å². The van der Waals surface area contributed by atoms with Crippen molar-refractivity contribution in [3.63, 3.8) is 0 Å². The molecule has 2 aromatic carbocycles. The van der Waals surface area contributed by atoms with Crippen molar-refractivity contribution >= 4 is 51.7 Å². The minimum atomic E-state index is -0.731. The van der Waals surface area contributed by atoms with E-state index in [2.05, 4.69) is 0 Å². The standard InChI is InChI=1S/C18H11Cl3O4/c1-9-2-3-11-10(7-15(22)25-14(11)6-9)8-24-18(23)16-12(19)4-5-13(20)17(16)21/h2-7H,8H2,1H3. The molecule has 0 aliphatic heterocycles. The van der Waals surface area contributed by atoms with Gasteiger partial charge in [0.1, 0.15) is 12.2 Å². The summed E-state index contributed by atoms with van der Waals surface area (Å²) in [6.45, 7) is 1.75. The molecule has 25 heavy (non-hydrogen) atoms. The van der Waals surface area contributed by atoms with Gasteiger partial charge in [-0.1, -0.05) is 46.9 Å². The van der Waals surface area contributed by atoms with Crippen LogP contribution in [0.25, 0.3) is 11.0 Å². The average molecular weight is 398 g/mol. The summed E-state index contributed by atoms with van der Waals surface area (Å²) in [6.07, 6.45) is 0. The molecule has 0 saturated heterocycles. The quantitative estimate of drug-likeness (QED) is 0.336. The van der Waals surface area contributed by atoms with Crippen molar-refractivity contribution in [3.05, 3.63) is 78.6 Å². The van der Waals surface area contributed by atoms with Crippen LogP contribution >= 0.6 is 34.8 Å². The molecule has 0 fully saturated rings. The van der Waals surface area contributed by atoms with Crippen LogP contribution in [0.5, 0.6) is 0 Å². The van der Waals surface area contributed by atoms with E-state index in [1.165, 1.54) is 18.2 Å². The molecule has 3 aromatic rings. The first kappa shape index (κ1) is 17.8. The Morgan fingerprint density at radius 3 is 2.56 bits per heavy atom. The Kier molecular flexibility index (Phi) is 5.04. The molecule has 0 saturated carbocycles. The summed E-state index contributed by atoms with van der Waals surface area (Å²) in [5, 5.41) is 1.03. The maximum Gasteiger partial charge on any atom is 0.341 e. The number of aryl methyl sites for hydroxylation is 1. The molecule has 0 unspecified atom stereocenters. The largest absolute Gasteiger partial charge is 0.457 e. The van der Waals surface area contributed by atoms with Gasteiger partial charge in [-0.15, -0.1) is 0 Å². The van der Waals surface area contributed by atoms with Gasteiger partial charge in [-0.2, -0.15) is 0 Å². The van der Waals surface area contributed by atoms with Crippen LogP contribution in [0.2, 0.25) is 15.1 Å². The molecule has 4 nitrogen and oxygen atoms in total. The first-order valence-electron chi connectivity index (χ1n) is 7.21. The predicted molar refractivity (Wildman–Crippen MR) is 97.8 cm³/mol. The Morgan fingerprint density at radius 1 is 1.08 bits per heavy atom. The fourth-order valence-corrected chi connectivity index (χ4v) is 3.07. The van der Waals surface area contributed by atoms with E-state index in [1.54, 1.807) is 12.1 Å². The zero-order valence-corrected chi connectivity index (χ0v) is 15.2. The molecular weight excluding hydrogens is 387 g/mol. The van der Waals surface area contributed by atoms with Gasteiger partial charge in [0.15, 0.2) is 0 Å². The van der Waals surface area contributed by atoms with Crippen LogP contribution in [0.15, 0.2) is 45.6 Å². The molecule has 0 N–H and O–H groups in total. The van der Waals surface area contributed by atoms with Crippen molar-refractivity contribution in [3.8, 4) is 0 Å². The molecule has 1 heterocycles. The maximum absolute atomic E-state index is 12.3. The second-order valence-corrected chi connectivity index (χ2v) is 6.58. The minimum absolute atomic E-state index is 0.0149. The molecule has 0 radical (unpaired) electrons. The highest BCUT2D eigenvalue weighted by molar-refractivity contribution is 6.46. The number of carbonyl (C=O) groups is 1. The summed E-state index contributed by atoms with van der Waals surface area (Å²) in [5.74, 6) is -0.731. The van der Waals surface area contributed by atoms with Gasteiger partial charge in [0.2, 0.25) is 0 Å². The van der Waals surface area contributed by atoms with Gasteiger partial charge in [-0.25, -0.2) is 9.59 Å². The third-order valence-electron chi connectivity index (χ3n) is 3.59. The van der Waals surface area contributed by atoms with E-state index in [4.69, 9.17) is 44.0 Å². The zero-order valence-electron chi connectivity index (χ0n) is 12.9. The van der Waals surface area contributed by atoms with Gasteiger partial charge in [0, 0.05) is 17.0 Å². The molecule has 0 aliphatic rings. The van der Waals surface area contributed by atoms with Crippen molar-refractivity contribution in [1.29, 1.82) is 0 Å². The van der Waals surface area contributed by atoms with E-state index in [0.717, 1.165) is 5.56 Å². The lowest BCUT2D eigenvalue weighted by Crippen LogP contribution is -2.09. The molecule has 0 amide bonds. The molecule has 1 aromatic heterocycles. The fraction of sp³-hybridized carbons (Fsp3) is 0.111. The van der Waals surface area contributed by atoms with Crippen molar-refractivity contribution in [2.24, 2.45) is 0 Å². The number of esters is 1. The van der Waals surface area contributed by atoms with Crippen LogP contribution in [0, 0.1) is 6.92 Å². The molecular formula is C18H11Cl3O4. The summed E-state index contributed by atoms with van der Waals surface area (Å²) in [7, 11) is 0. The maximum atomic E-state index is 12.3. The summed E-state index contributed by atoms with van der Waals surface area (Å²) >= 11 is 17.9. The van der Waals surface area contributed by atoms with Crippen LogP contribution in [0.1, 0.15) is 21.5 Å². The first-order valence-corrected chi connectivity index (χ1v) is 8.34. The van der Waals surface area contributed by atoms with E-state index in [1.807, 2.05) is 13.0 Å². The molecule has 0 atom stereocenters. The summed E-state index contributed by atoms with van der Waals surface area (Å²) in [4.78, 5) is 24.1. The highest BCUT2D eigenvalue weighted by Crippen LogP contribution is 2.32. The Hall–Kier alpha value is -2.01. The van der Waals surface area contributed by atoms with Crippen LogP contribution in [-0.4, -0.2) is 5.97 Å². The number of hydrogen-bond donors (Lipinski definition) is 0. The Labute approximate surface area is 157 Å². The molecule has 128 valence electrons. The van der Waals surface area contributed by atoms with E-state index in [-0.39, 0.29) is 27.2 Å². The van der Waals surface area contributed by atoms with Crippen LogP contribution in [0.4, 0.5) is 0 Å². The highest BCUT2D eigenvalue weighted by atomic mass is 35.5. The Bertz CT molecular complexity index is 1040. The first-order chi connectivity index (χ1) is 11.9. The monoisotopic (exact) mass is 396 g/mol. The minimum Gasteiger partial charge on any atom is -0.457 e. The van der Waals surface area contributed by atoms with E-state index >= 15 is 0 Å². The summed E-state index contributed by atoms with van der Waals surface area (Å²) in [5.41, 5.74) is 1.36. The molecule has 7 heteroatoms. The number of hydrogen-bond acceptors (Lipinski definition) is 4. The number of rotatable bonds is 3. The number of ether oxygens (including phenoxy) is 1. The fourth-order valence-electron chi connectivity index (χ4n) is 2.39. The zero-order chi connectivity index (χ0) is 18.1. The predicted octanol–water partition coefficient (Wildman–Crippen LogP) is 5.42. The van der Waals surface area contributed by atoms with Crippen molar-refractivity contribution in [2.45, 2.75) is 13.5 Å². The highest BCUT2D eigenvalue weighted by Gasteiger charge is 2.19. The van der Waals surface area contributed by atoms with Crippen LogP contribution < -0.4 is 5.63 Å². The van der Waals surface area contributed by atoms with Crippen molar-refractivity contribution in [2.75, 3.05) is 0 Å². The lowest BCUT2D eigenvalue weighted by atomic mass is 10.1. The topological polar surface area (TPSA) is 56.5 Å². The SMILES string of the molecule is Cc1ccc2c(COC(=O)c3c(Cl)ccc(Cl)c3Cl)cc(=O)oc2c1. The number of carbonyl (C=O) groups excluding carboxylic acids is 1. The second-order valence-electron chi connectivity index (χ2n) is 5.38. The van der Waals surface area contributed by atoms with Crippen molar-refractivity contribution in [1.82, 2.24) is 0 Å². The van der Waals surface area contributed by atoms with Gasteiger partial charge in [0.25, 0.3) is 0 Å². The van der Waals surface area contributed by atoms with Gasteiger partial charge in [-0.3, -0.25) is 0 Å². The third kappa shape index (κ3) is 3.66. The van der Waals surface area contributed by atoms with Gasteiger partial charge < -0.3 is 9.15 Å². The Balaban J connectivity index is 1.92. The average Bonchev–Trinajstić information content (AvgIpc) is 2.55. The second kappa shape index (κ2) is 7.08.